The second-order valence-corrected chi connectivity index (χ2v) is 5.59. The summed E-state index contributed by atoms with van der Waals surface area (Å²) in [6.45, 7) is 3.58. The normalized spacial score (nSPS) is 12.0. The molecule has 6 heteroatoms. The number of nitrogens with one attached hydrogen (secondary N) is 1. The minimum atomic E-state index is -0.309. The molecule has 0 aliphatic rings. The molecule has 3 rings (SSSR count). The Morgan fingerprint density at radius 2 is 1.96 bits per heavy atom. The number of benzene rings is 2. The molecule has 0 saturated heterocycles. The van der Waals surface area contributed by atoms with Gasteiger partial charge in [0, 0.05) is 0 Å². The van der Waals surface area contributed by atoms with Crippen LogP contribution in [0.2, 0.25) is 0 Å². The van der Waals surface area contributed by atoms with Crippen LogP contribution < -0.4 is 5.32 Å². The molecular formula is C18H17FN4O. The van der Waals surface area contributed by atoms with Crippen molar-refractivity contribution in [2.45, 2.75) is 19.9 Å². The molecule has 0 saturated carbocycles. The molecule has 0 aliphatic carbocycles. The van der Waals surface area contributed by atoms with Crippen LogP contribution in [-0.2, 0) is 0 Å². The number of rotatable bonds is 4. The van der Waals surface area contributed by atoms with Crippen molar-refractivity contribution >= 4 is 5.91 Å². The van der Waals surface area contributed by atoms with Gasteiger partial charge in [-0.2, -0.15) is 0 Å². The number of hydrogen-bond donors (Lipinski definition) is 1. The highest BCUT2D eigenvalue weighted by Crippen LogP contribution is 2.14. The van der Waals surface area contributed by atoms with Crippen molar-refractivity contribution in [3.05, 3.63) is 77.4 Å². The van der Waals surface area contributed by atoms with E-state index in [1.807, 2.05) is 37.3 Å². The van der Waals surface area contributed by atoms with E-state index in [0.717, 1.165) is 5.56 Å². The number of carbonyl (C=O) groups is 1. The highest BCUT2D eigenvalue weighted by Gasteiger charge is 2.15. The summed E-state index contributed by atoms with van der Waals surface area (Å²) in [6, 6.07) is 14.1. The summed E-state index contributed by atoms with van der Waals surface area (Å²) in [6.07, 6.45) is 1.53. The Morgan fingerprint density at radius 3 is 2.67 bits per heavy atom. The van der Waals surface area contributed by atoms with Crippen LogP contribution in [0.4, 0.5) is 4.39 Å². The average Bonchev–Trinajstić information content (AvgIpc) is 3.08. The predicted molar refractivity (Wildman–Crippen MR) is 88.4 cm³/mol. The monoisotopic (exact) mass is 324 g/mol. The van der Waals surface area contributed by atoms with Gasteiger partial charge in [0.2, 0.25) is 0 Å². The zero-order valence-corrected chi connectivity index (χ0v) is 13.4. The first-order chi connectivity index (χ1) is 11.5. The summed E-state index contributed by atoms with van der Waals surface area (Å²) in [5, 5.41) is 10.7. The molecule has 0 unspecified atom stereocenters. The minimum Gasteiger partial charge on any atom is -0.344 e. The second-order valence-electron chi connectivity index (χ2n) is 5.59. The van der Waals surface area contributed by atoms with Crippen LogP contribution in [0.3, 0.4) is 0 Å². The molecule has 1 aromatic heterocycles. The molecule has 2 aromatic carbocycles. The van der Waals surface area contributed by atoms with Crippen LogP contribution in [-0.4, -0.2) is 20.9 Å². The van der Waals surface area contributed by atoms with E-state index in [9.17, 15) is 9.18 Å². The van der Waals surface area contributed by atoms with Crippen molar-refractivity contribution in [1.82, 2.24) is 20.3 Å². The lowest BCUT2D eigenvalue weighted by Crippen LogP contribution is -2.26. The Hall–Kier alpha value is -3.02. The van der Waals surface area contributed by atoms with E-state index in [2.05, 4.69) is 15.6 Å². The average molecular weight is 324 g/mol. The summed E-state index contributed by atoms with van der Waals surface area (Å²) < 4.78 is 14.8. The van der Waals surface area contributed by atoms with Crippen LogP contribution in [0.5, 0.6) is 0 Å². The van der Waals surface area contributed by atoms with Crippen molar-refractivity contribution in [2.24, 2.45) is 0 Å². The van der Waals surface area contributed by atoms with Gasteiger partial charge >= 0.3 is 0 Å². The van der Waals surface area contributed by atoms with Gasteiger partial charge in [-0.1, -0.05) is 35.5 Å². The highest BCUT2D eigenvalue weighted by molar-refractivity contribution is 5.92. The number of aromatic nitrogens is 3. The molecule has 1 atom stereocenters. The van der Waals surface area contributed by atoms with E-state index >= 15 is 0 Å². The van der Waals surface area contributed by atoms with Gasteiger partial charge in [-0.25, -0.2) is 9.07 Å². The van der Waals surface area contributed by atoms with Gasteiger partial charge in [0.25, 0.3) is 5.91 Å². The standard InChI is InChI=1S/C18H17FN4O/c1-12-10-15(8-9-16(12)19)23-11-17(21-22-23)18(24)20-13(2)14-6-4-3-5-7-14/h3-11,13H,1-2H3,(H,20,24)/t13-/m0/s1. The van der Waals surface area contributed by atoms with Crippen molar-refractivity contribution in [3.63, 3.8) is 0 Å². The van der Waals surface area contributed by atoms with E-state index in [-0.39, 0.29) is 23.5 Å². The maximum atomic E-state index is 13.3. The third-order valence-corrected chi connectivity index (χ3v) is 3.78. The van der Waals surface area contributed by atoms with Crippen molar-refractivity contribution in [1.29, 1.82) is 0 Å². The van der Waals surface area contributed by atoms with Crippen molar-refractivity contribution < 1.29 is 9.18 Å². The SMILES string of the molecule is Cc1cc(-n2cc(C(=O)N[C@@H](C)c3ccccc3)nn2)ccc1F. The summed E-state index contributed by atoms with van der Waals surface area (Å²) in [5.74, 6) is -0.593. The Kier molecular flexibility index (Phi) is 4.37. The quantitative estimate of drug-likeness (QED) is 0.802. The number of carbonyl (C=O) groups excluding carboxylic acids is 1. The van der Waals surface area contributed by atoms with E-state index in [4.69, 9.17) is 0 Å². The van der Waals surface area contributed by atoms with Gasteiger partial charge in [-0.15, -0.1) is 5.10 Å². The Morgan fingerprint density at radius 1 is 1.21 bits per heavy atom. The molecule has 5 nitrogen and oxygen atoms in total. The smallest absolute Gasteiger partial charge is 0.273 e. The Labute approximate surface area is 139 Å². The van der Waals surface area contributed by atoms with E-state index in [1.165, 1.54) is 16.9 Å². The fourth-order valence-corrected chi connectivity index (χ4v) is 2.36. The van der Waals surface area contributed by atoms with Crippen LogP contribution in [0.15, 0.2) is 54.7 Å². The largest absolute Gasteiger partial charge is 0.344 e. The summed E-state index contributed by atoms with van der Waals surface area (Å²) in [7, 11) is 0. The minimum absolute atomic E-state index is 0.142. The van der Waals surface area contributed by atoms with E-state index in [1.54, 1.807) is 19.1 Å². The first-order valence-electron chi connectivity index (χ1n) is 7.59. The molecular weight excluding hydrogens is 307 g/mol. The number of amides is 1. The summed E-state index contributed by atoms with van der Waals surface area (Å²) in [5.41, 5.74) is 2.37. The first kappa shape index (κ1) is 15.9. The molecule has 1 amide bonds. The third-order valence-electron chi connectivity index (χ3n) is 3.78. The highest BCUT2D eigenvalue weighted by atomic mass is 19.1. The zero-order valence-electron chi connectivity index (χ0n) is 13.4. The topological polar surface area (TPSA) is 59.8 Å². The Balaban J connectivity index is 1.75. The molecule has 3 aromatic rings. The molecule has 0 spiro atoms. The van der Waals surface area contributed by atoms with Gasteiger partial charge in [0.15, 0.2) is 5.69 Å². The van der Waals surface area contributed by atoms with Gasteiger partial charge in [-0.05, 0) is 43.2 Å². The van der Waals surface area contributed by atoms with Crippen molar-refractivity contribution in [3.8, 4) is 5.69 Å². The lowest BCUT2D eigenvalue weighted by atomic mass is 10.1. The van der Waals surface area contributed by atoms with Crippen LogP contribution in [0.1, 0.15) is 34.6 Å². The molecule has 0 fully saturated rings. The van der Waals surface area contributed by atoms with Crippen LogP contribution in [0, 0.1) is 12.7 Å². The third kappa shape index (κ3) is 3.32. The van der Waals surface area contributed by atoms with Gasteiger partial charge in [-0.3, -0.25) is 4.79 Å². The number of aryl methyl sites for hydroxylation is 1. The molecule has 1 heterocycles. The predicted octanol–water partition coefficient (Wildman–Crippen LogP) is 3.21. The molecule has 122 valence electrons. The maximum Gasteiger partial charge on any atom is 0.273 e. The fourth-order valence-electron chi connectivity index (χ4n) is 2.36. The van der Waals surface area contributed by atoms with Gasteiger partial charge in [0.05, 0.1) is 17.9 Å². The fraction of sp³-hybridized carbons (Fsp3) is 0.167. The number of nitrogens with zero attached hydrogens (tertiary/aromatic N) is 3. The van der Waals surface area contributed by atoms with E-state index in [0.29, 0.717) is 11.3 Å². The first-order valence-corrected chi connectivity index (χ1v) is 7.59. The van der Waals surface area contributed by atoms with Crippen LogP contribution in [0.25, 0.3) is 5.69 Å². The zero-order chi connectivity index (χ0) is 17.1. The molecule has 1 N–H and O–H groups in total. The summed E-state index contributed by atoms with van der Waals surface area (Å²) >= 11 is 0. The summed E-state index contributed by atoms with van der Waals surface area (Å²) in [4.78, 5) is 12.3. The number of halogens is 1. The molecule has 24 heavy (non-hydrogen) atoms. The lowest BCUT2D eigenvalue weighted by molar-refractivity contribution is 0.0934. The lowest BCUT2D eigenvalue weighted by Gasteiger charge is -2.12. The maximum absolute atomic E-state index is 13.3. The van der Waals surface area contributed by atoms with Crippen molar-refractivity contribution in [2.75, 3.05) is 0 Å². The van der Waals surface area contributed by atoms with E-state index < -0.39 is 0 Å². The molecule has 0 aliphatic heterocycles. The molecule has 0 radical (unpaired) electrons. The second kappa shape index (κ2) is 6.62. The van der Waals surface area contributed by atoms with Crippen LogP contribution >= 0.6 is 0 Å². The Bertz CT molecular complexity index is 860. The van der Waals surface area contributed by atoms with Gasteiger partial charge < -0.3 is 5.32 Å². The van der Waals surface area contributed by atoms with Gasteiger partial charge in [0.1, 0.15) is 5.82 Å². The molecule has 0 bridgehead atoms. The number of hydrogen-bond acceptors (Lipinski definition) is 3.